The molecule has 1 aromatic heterocycles. The minimum atomic E-state index is 0.329. The van der Waals surface area contributed by atoms with Crippen molar-refractivity contribution in [1.29, 1.82) is 0 Å². The highest BCUT2D eigenvalue weighted by molar-refractivity contribution is 6.35. The van der Waals surface area contributed by atoms with Gasteiger partial charge in [0.25, 0.3) is 0 Å². The number of halogens is 3. The van der Waals surface area contributed by atoms with Gasteiger partial charge >= 0.3 is 0 Å². The molecule has 0 saturated heterocycles. The van der Waals surface area contributed by atoms with Gasteiger partial charge in [0.1, 0.15) is 5.69 Å². The Morgan fingerprint density at radius 2 is 1.40 bits per heavy atom. The van der Waals surface area contributed by atoms with Gasteiger partial charge in [-0.05, 0) is 18.2 Å². The maximum absolute atomic E-state index is 5.90. The van der Waals surface area contributed by atoms with Gasteiger partial charge in [0.2, 0.25) is 0 Å². The van der Waals surface area contributed by atoms with Gasteiger partial charge in [-0.15, -0.1) is 0 Å². The molecule has 76 valence electrons. The Hall–Kier alpha value is -0.830. The second-order valence-corrected chi connectivity index (χ2v) is 4.08. The average molecular weight is 260 g/mol. The van der Waals surface area contributed by atoms with E-state index in [1.165, 1.54) is 6.20 Å². The van der Waals surface area contributed by atoms with E-state index >= 15 is 0 Å². The van der Waals surface area contributed by atoms with Gasteiger partial charge in [-0.2, -0.15) is 0 Å². The van der Waals surface area contributed by atoms with E-state index < -0.39 is 0 Å². The van der Waals surface area contributed by atoms with Crippen LogP contribution in [-0.2, 0) is 0 Å². The predicted octanol–water partition coefficient (Wildman–Crippen LogP) is 4.10. The molecule has 0 aliphatic heterocycles. The van der Waals surface area contributed by atoms with Crippen LogP contribution in [0.25, 0.3) is 11.3 Å². The summed E-state index contributed by atoms with van der Waals surface area (Å²) >= 11 is 17.7. The molecule has 0 N–H and O–H groups in total. The van der Waals surface area contributed by atoms with Crippen LogP contribution >= 0.6 is 34.8 Å². The summed E-state index contributed by atoms with van der Waals surface area (Å²) in [7, 11) is 0. The molecular weight excluding hydrogens is 254 g/mol. The van der Waals surface area contributed by atoms with Crippen molar-refractivity contribution in [1.82, 2.24) is 9.97 Å². The molecule has 1 aromatic carbocycles. The van der Waals surface area contributed by atoms with E-state index in [0.29, 0.717) is 20.9 Å². The molecule has 2 rings (SSSR count). The lowest BCUT2D eigenvalue weighted by Crippen LogP contribution is -1.87. The van der Waals surface area contributed by atoms with Crippen molar-refractivity contribution in [2.45, 2.75) is 0 Å². The first kappa shape index (κ1) is 10.7. The third-order valence-electron chi connectivity index (χ3n) is 1.79. The number of aromatic nitrogens is 2. The van der Waals surface area contributed by atoms with Crippen LogP contribution in [0.2, 0.25) is 15.2 Å². The normalized spacial score (nSPS) is 10.3. The van der Waals surface area contributed by atoms with Crippen LogP contribution in [0.1, 0.15) is 0 Å². The quantitative estimate of drug-likeness (QED) is 0.770. The minimum absolute atomic E-state index is 0.329. The van der Waals surface area contributed by atoms with Crippen LogP contribution < -0.4 is 0 Å². The minimum Gasteiger partial charge on any atom is -0.251 e. The van der Waals surface area contributed by atoms with E-state index in [1.807, 2.05) is 0 Å². The molecule has 0 saturated carbocycles. The Balaban J connectivity index is 2.59. The van der Waals surface area contributed by atoms with E-state index in [4.69, 9.17) is 34.8 Å². The molecule has 5 heteroatoms. The Kier molecular flexibility index (Phi) is 3.10. The van der Waals surface area contributed by atoms with Crippen LogP contribution in [0.15, 0.2) is 30.6 Å². The Morgan fingerprint density at radius 1 is 0.800 bits per heavy atom. The third-order valence-corrected chi connectivity index (χ3v) is 2.50. The Morgan fingerprint density at radius 3 is 2.00 bits per heavy atom. The Bertz CT molecular complexity index is 480. The molecule has 0 fully saturated rings. The number of hydrogen-bond acceptors (Lipinski definition) is 2. The maximum Gasteiger partial charge on any atom is 0.155 e. The zero-order valence-electron chi connectivity index (χ0n) is 7.42. The summed E-state index contributed by atoms with van der Waals surface area (Å²) in [6.07, 6.45) is 3.09. The second-order valence-electron chi connectivity index (χ2n) is 2.85. The van der Waals surface area contributed by atoms with Crippen LogP contribution in [0.3, 0.4) is 0 Å². The fourth-order valence-corrected chi connectivity index (χ4v) is 1.95. The lowest BCUT2D eigenvalue weighted by molar-refractivity contribution is 1.21. The van der Waals surface area contributed by atoms with E-state index in [0.717, 1.165) is 5.56 Å². The molecule has 0 radical (unpaired) electrons. The summed E-state index contributed by atoms with van der Waals surface area (Å²) in [6.45, 7) is 0. The molecule has 0 aliphatic carbocycles. The zero-order valence-corrected chi connectivity index (χ0v) is 9.68. The summed E-state index contributed by atoms with van der Waals surface area (Å²) in [4.78, 5) is 8.05. The van der Waals surface area contributed by atoms with Crippen molar-refractivity contribution in [3.8, 4) is 11.3 Å². The van der Waals surface area contributed by atoms with Gasteiger partial charge in [0.05, 0.1) is 0 Å². The average Bonchev–Trinajstić information content (AvgIpc) is 2.16. The summed E-state index contributed by atoms with van der Waals surface area (Å²) in [5.41, 5.74) is 1.33. The summed E-state index contributed by atoms with van der Waals surface area (Å²) in [6, 6.07) is 5.13. The van der Waals surface area contributed by atoms with Crippen molar-refractivity contribution in [3.63, 3.8) is 0 Å². The molecular formula is C10H5Cl3N2. The molecule has 0 bridgehead atoms. The topological polar surface area (TPSA) is 25.8 Å². The molecule has 0 amide bonds. The van der Waals surface area contributed by atoms with E-state index in [2.05, 4.69) is 9.97 Å². The number of benzene rings is 1. The molecule has 0 atom stereocenters. The SMILES string of the molecule is Clc1cc(Cl)cc(-c2nccnc2Cl)c1. The van der Waals surface area contributed by atoms with Gasteiger partial charge in [-0.25, -0.2) is 4.98 Å². The highest BCUT2D eigenvalue weighted by Gasteiger charge is 2.07. The smallest absolute Gasteiger partial charge is 0.155 e. The van der Waals surface area contributed by atoms with Crippen molar-refractivity contribution in [2.24, 2.45) is 0 Å². The molecule has 2 aromatic rings. The van der Waals surface area contributed by atoms with Crippen molar-refractivity contribution in [3.05, 3.63) is 45.8 Å². The van der Waals surface area contributed by atoms with Crippen molar-refractivity contribution in [2.75, 3.05) is 0 Å². The monoisotopic (exact) mass is 258 g/mol. The summed E-state index contributed by atoms with van der Waals surface area (Å²) in [5, 5.41) is 1.41. The van der Waals surface area contributed by atoms with Crippen molar-refractivity contribution >= 4 is 34.8 Å². The van der Waals surface area contributed by atoms with Gasteiger partial charge in [0, 0.05) is 28.0 Å². The first-order valence-electron chi connectivity index (χ1n) is 4.10. The van der Waals surface area contributed by atoms with Crippen LogP contribution in [0.5, 0.6) is 0 Å². The van der Waals surface area contributed by atoms with Gasteiger partial charge < -0.3 is 0 Å². The summed E-state index contributed by atoms with van der Waals surface area (Å²) in [5.74, 6) is 0. The molecule has 0 spiro atoms. The molecule has 2 nitrogen and oxygen atoms in total. The molecule has 15 heavy (non-hydrogen) atoms. The largest absolute Gasteiger partial charge is 0.251 e. The first-order chi connectivity index (χ1) is 7.16. The standard InChI is InChI=1S/C10H5Cl3N2/c11-7-3-6(4-8(12)5-7)9-10(13)15-2-1-14-9/h1-5H. The zero-order chi connectivity index (χ0) is 10.8. The highest BCUT2D eigenvalue weighted by atomic mass is 35.5. The van der Waals surface area contributed by atoms with Gasteiger partial charge in [-0.3, -0.25) is 4.98 Å². The van der Waals surface area contributed by atoms with Crippen LogP contribution in [0.4, 0.5) is 0 Å². The predicted molar refractivity (Wildman–Crippen MR) is 62.5 cm³/mol. The van der Waals surface area contributed by atoms with Crippen LogP contribution in [0, 0.1) is 0 Å². The fraction of sp³-hybridized carbons (Fsp3) is 0. The number of nitrogens with zero attached hydrogens (tertiary/aromatic N) is 2. The van der Waals surface area contributed by atoms with Gasteiger partial charge in [-0.1, -0.05) is 34.8 Å². The summed E-state index contributed by atoms with van der Waals surface area (Å²) < 4.78 is 0. The lowest BCUT2D eigenvalue weighted by atomic mass is 10.2. The van der Waals surface area contributed by atoms with E-state index in [-0.39, 0.29) is 0 Å². The highest BCUT2D eigenvalue weighted by Crippen LogP contribution is 2.28. The number of hydrogen-bond donors (Lipinski definition) is 0. The van der Waals surface area contributed by atoms with Crippen LogP contribution in [-0.4, -0.2) is 9.97 Å². The molecule has 0 aliphatic rings. The van der Waals surface area contributed by atoms with Crippen molar-refractivity contribution < 1.29 is 0 Å². The second kappa shape index (κ2) is 4.35. The van der Waals surface area contributed by atoms with E-state index in [1.54, 1.807) is 24.4 Å². The molecule has 1 heterocycles. The maximum atomic E-state index is 5.90. The third kappa shape index (κ3) is 2.40. The lowest BCUT2D eigenvalue weighted by Gasteiger charge is -2.03. The molecule has 0 unspecified atom stereocenters. The van der Waals surface area contributed by atoms with E-state index in [9.17, 15) is 0 Å². The fourth-order valence-electron chi connectivity index (χ4n) is 1.21. The van der Waals surface area contributed by atoms with Gasteiger partial charge in [0.15, 0.2) is 5.15 Å². The Labute approximate surface area is 102 Å². The first-order valence-corrected chi connectivity index (χ1v) is 5.23. The number of rotatable bonds is 1.